The number of piperidine rings is 2. The quantitative estimate of drug-likeness (QED) is 0.825. The molecule has 0 aromatic carbocycles. The first-order valence-corrected chi connectivity index (χ1v) is 8.30. The van der Waals surface area contributed by atoms with E-state index in [0.717, 1.165) is 25.7 Å². The lowest BCUT2D eigenvalue weighted by Crippen LogP contribution is -2.55. The molecule has 2 atom stereocenters. The molecule has 1 aliphatic carbocycles. The average Bonchev–Trinajstić information content (AvgIpc) is 3.38. The molecule has 1 aromatic heterocycles. The van der Waals surface area contributed by atoms with Crippen molar-refractivity contribution in [3.63, 3.8) is 0 Å². The van der Waals surface area contributed by atoms with Crippen LogP contribution in [0.5, 0.6) is 0 Å². The summed E-state index contributed by atoms with van der Waals surface area (Å²) in [7, 11) is 0. The minimum Gasteiger partial charge on any atom is -0.353 e. The van der Waals surface area contributed by atoms with E-state index in [9.17, 15) is 14.4 Å². The number of hydrogen-bond acceptors (Lipinski definition) is 4. The number of carbonyl (C=O) groups excluding carboxylic acids is 2. The van der Waals surface area contributed by atoms with Crippen LogP contribution in [0.1, 0.15) is 54.3 Å². The summed E-state index contributed by atoms with van der Waals surface area (Å²) in [5.74, 6) is 1.18. The van der Waals surface area contributed by atoms with Gasteiger partial charge >= 0.3 is 0 Å². The van der Waals surface area contributed by atoms with Gasteiger partial charge in [0.1, 0.15) is 11.5 Å². The number of H-pyrrole nitrogens is 1. The van der Waals surface area contributed by atoms with Crippen molar-refractivity contribution in [3.05, 3.63) is 27.9 Å². The molecule has 4 rings (SSSR count). The van der Waals surface area contributed by atoms with E-state index in [-0.39, 0.29) is 29.1 Å². The monoisotopic (exact) mass is 316 g/mol. The Bertz CT molecular complexity index is 710. The third-order valence-electron chi connectivity index (χ3n) is 5.05. The van der Waals surface area contributed by atoms with Gasteiger partial charge in [0.05, 0.1) is 0 Å². The highest BCUT2D eigenvalue weighted by Gasteiger charge is 2.36. The van der Waals surface area contributed by atoms with E-state index in [0.29, 0.717) is 37.2 Å². The molecule has 2 amide bonds. The topological polar surface area (TPSA) is 95.2 Å². The number of nitrogens with one attached hydrogen (secondary N) is 2. The zero-order valence-corrected chi connectivity index (χ0v) is 12.9. The third kappa shape index (κ3) is 2.87. The number of likely N-dealkylation sites (tertiary alicyclic amines) is 1. The maximum atomic E-state index is 12.7. The lowest BCUT2D eigenvalue weighted by Gasteiger charge is -2.41. The van der Waals surface area contributed by atoms with Crippen LogP contribution in [-0.2, 0) is 4.79 Å². The van der Waals surface area contributed by atoms with Gasteiger partial charge in [-0.15, -0.1) is 0 Å². The Labute approximate surface area is 133 Å². The Hall–Kier alpha value is -2.18. The van der Waals surface area contributed by atoms with Crippen LogP contribution in [0.15, 0.2) is 10.9 Å². The van der Waals surface area contributed by atoms with Gasteiger partial charge in [-0.3, -0.25) is 14.4 Å². The Balaban J connectivity index is 1.51. The molecule has 0 bridgehead atoms. The Kier molecular flexibility index (Phi) is 3.43. The van der Waals surface area contributed by atoms with Crippen molar-refractivity contribution in [1.29, 1.82) is 0 Å². The van der Waals surface area contributed by atoms with Crippen molar-refractivity contribution in [2.45, 2.75) is 44.1 Å². The molecule has 2 unspecified atom stereocenters. The molecular weight excluding hydrogens is 296 g/mol. The maximum absolute atomic E-state index is 12.7. The maximum Gasteiger partial charge on any atom is 0.272 e. The third-order valence-corrected chi connectivity index (χ3v) is 5.05. The van der Waals surface area contributed by atoms with Crippen LogP contribution in [0.2, 0.25) is 0 Å². The number of carbonyl (C=O) groups is 2. The van der Waals surface area contributed by atoms with Gasteiger partial charge < -0.3 is 15.2 Å². The van der Waals surface area contributed by atoms with Gasteiger partial charge in [-0.2, -0.15) is 0 Å². The van der Waals surface area contributed by atoms with Gasteiger partial charge in [-0.05, 0) is 31.6 Å². The van der Waals surface area contributed by atoms with Gasteiger partial charge in [0, 0.05) is 37.5 Å². The molecule has 0 radical (unpaired) electrons. The fourth-order valence-electron chi connectivity index (χ4n) is 3.59. The second-order valence-electron chi connectivity index (χ2n) is 6.80. The Morgan fingerprint density at radius 3 is 2.83 bits per heavy atom. The minimum atomic E-state index is -0.259. The van der Waals surface area contributed by atoms with Crippen LogP contribution in [0.3, 0.4) is 0 Å². The standard InChI is InChI=1S/C16H20N4O3/c21-13-4-3-10-8-20(6-5-11(10)17-13)16(23)12-7-14(22)19-15(18-12)9-1-2-9/h7,9-11H,1-6,8H2,(H,17,21)(H,18,19,22). The fourth-order valence-corrected chi connectivity index (χ4v) is 3.59. The number of fused-ring (bicyclic) bond motifs is 1. The summed E-state index contributed by atoms with van der Waals surface area (Å²) in [4.78, 5) is 44.8. The van der Waals surface area contributed by atoms with Crippen LogP contribution in [0, 0.1) is 5.92 Å². The van der Waals surface area contributed by atoms with Crippen molar-refractivity contribution < 1.29 is 9.59 Å². The molecular formula is C16H20N4O3. The van der Waals surface area contributed by atoms with E-state index in [1.807, 2.05) is 0 Å². The second-order valence-corrected chi connectivity index (χ2v) is 6.80. The zero-order chi connectivity index (χ0) is 16.0. The van der Waals surface area contributed by atoms with Crippen molar-refractivity contribution in [2.24, 2.45) is 5.92 Å². The van der Waals surface area contributed by atoms with E-state index in [4.69, 9.17) is 0 Å². The first-order chi connectivity index (χ1) is 11.1. The Morgan fingerprint density at radius 2 is 2.04 bits per heavy atom. The largest absolute Gasteiger partial charge is 0.353 e. The molecule has 2 N–H and O–H groups in total. The molecule has 7 heteroatoms. The van der Waals surface area contributed by atoms with Crippen LogP contribution >= 0.6 is 0 Å². The summed E-state index contributed by atoms with van der Waals surface area (Å²) in [6, 6.07) is 1.47. The molecule has 2 saturated heterocycles. The first-order valence-electron chi connectivity index (χ1n) is 8.30. The van der Waals surface area contributed by atoms with Crippen molar-refractivity contribution in [1.82, 2.24) is 20.2 Å². The summed E-state index contributed by atoms with van der Waals surface area (Å²) < 4.78 is 0. The molecule has 0 spiro atoms. The SMILES string of the molecule is O=C1CCC2CN(C(=O)c3cc(=O)[nH]c(C4CC4)n3)CCC2N1. The van der Waals surface area contributed by atoms with E-state index >= 15 is 0 Å². The van der Waals surface area contributed by atoms with E-state index in [2.05, 4.69) is 15.3 Å². The van der Waals surface area contributed by atoms with Gasteiger partial charge in [-0.25, -0.2) is 4.98 Å². The van der Waals surface area contributed by atoms with Gasteiger partial charge in [0.2, 0.25) is 5.91 Å². The Morgan fingerprint density at radius 1 is 1.22 bits per heavy atom. The lowest BCUT2D eigenvalue weighted by molar-refractivity contribution is -0.125. The highest BCUT2D eigenvalue weighted by Crippen LogP contribution is 2.37. The summed E-state index contributed by atoms with van der Waals surface area (Å²) in [5, 5.41) is 3.01. The van der Waals surface area contributed by atoms with E-state index < -0.39 is 0 Å². The summed E-state index contributed by atoms with van der Waals surface area (Å²) >= 11 is 0. The molecule has 3 fully saturated rings. The van der Waals surface area contributed by atoms with E-state index in [1.54, 1.807) is 4.90 Å². The zero-order valence-electron chi connectivity index (χ0n) is 12.9. The molecule has 23 heavy (non-hydrogen) atoms. The van der Waals surface area contributed by atoms with Gasteiger partial charge in [0.25, 0.3) is 11.5 Å². The normalized spacial score (nSPS) is 27.3. The number of aromatic nitrogens is 2. The summed E-state index contributed by atoms with van der Waals surface area (Å²) in [5.41, 5.74) is -0.0148. The van der Waals surface area contributed by atoms with Crippen LogP contribution in [-0.4, -0.2) is 45.8 Å². The van der Waals surface area contributed by atoms with Crippen molar-refractivity contribution >= 4 is 11.8 Å². The first kappa shape index (κ1) is 14.4. The predicted molar refractivity (Wildman–Crippen MR) is 82.0 cm³/mol. The van der Waals surface area contributed by atoms with Crippen LogP contribution < -0.4 is 10.9 Å². The summed E-state index contributed by atoms with van der Waals surface area (Å²) in [6.07, 6.45) is 4.15. The molecule has 1 aromatic rings. The highest BCUT2D eigenvalue weighted by molar-refractivity contribution is 5.92. The van der Waals surface area contributed by atoms with Crippen LogP contribution in [0.25, 0.3) is 0 Å². The van der Waals surface area contributed by atoms with Crippen molar-refractivity contribution in [2.75, 3.05) is 13.1 Å². The number of amides is 2. The number of nitrogens with zero attached hydrogens (tertiary/aromatic N) is 2. The fraction of sp³-hybridized carbons (Fsp3) is 0.625. The highest BCUT2D eigenvalue weighted by atomic mass is 16.2. The molecule has 122 valence electrons. The molecule has 7 nitrogen and oxygen atoms in total. The van der Waals surface area contributed by atoms with Gasteiger partial charge in [-0.1, -0.05) is 0 Å². The molecule has 3 heterocycles. The second kappa shape index (κ2) is 5.47. The number of aromatic amines is 1. The molecule has 2 aliphatic heterocycles. The molecule has 3 aliphatic rings. The number of hydrogen-bond donors (Lipinski definition) is 2. The average molecular weight is 316 g/mol. The number of rotatable bonds is 2. The minimum absolute atomic E-state index is 0.108. The summed E-state index contributed by atoms with van der Waals surface area (Å²) in [6.45, 7) is 1.21. The smallest absolute Gasteiger partial charge is 0.272 e. The molecule has 1 saturated carbocycles. The predicted octanol–water partition coefficient (Wildman–Crippen LogP) is 0.388. The van der Waals surface area contributed by atoms with E-state index in [1.165, 1.54) is 6.07 Å². The van der Waals surface area contributed by atoms with Crippen LogP contribution in [0.4, 0.5) is 0 Å². The van der Waals surface area contributed by atoms with Gasteiger partial charge in [0.15, 0.2) is 0 Å². The lowest BCUT2D eigenvalue weighted by atomic mass is 9.85. The van der Waals surface area contributed by atoms with Crippen molar-refractivity contribution in [3.8, 4) is 0 Å².